The number of rotatable bonds is 5. The van der Waals surface area contributed by atoms with E-state index in [0.29, 0.717) is 46.9 Å². The van der Waals surface area contributed by atoms with Crippen LogP contribution < -0.4 is 14.2 Å². The van der Waals surface area contributed by atoms with Gasteiger partial charge in [0.05, 0.1) is 31.3 Å². The smallest absolute Gasteiger partial charge is 0.277 e. The summed E-state index contributed by atoms with van der Waals surface area (Å²) >= 11 is 3.22. The lowest BCUT2D eigenvalue weighted by Gasteiger charge is -2.24. The van der Waals surface area contributed by atoms with Gasteiger partial charge in [-0.3, -0.25) is 14.5 Å². The maximum atomic E-state index is 13.1. The van der Waals surface area contributed by atoms with Crippen LogP contribution in [-0.2, 0) is 11.3 Å². The highest BCUT2D eigenvalue weighted by molar-refractivity contribution is 9.12. The zero-order chi connectivity index (χ0) is 19.7. The van der Waals surface area contributed by atoms with Crippen molar-refractivity contribution in [1.82, 2.24) is 9.47 Å². The molecule has 144 valence electrons. The Morgan fingerprint density at radius 2 is 1.85 bits per heavy atom. The van der Waals surface area contributed by atoms with Crippen LogP contribution in [0.1, 0.15) is 23.8 Å². The Hall–Kier alpha value is -2.48. The Morgan fingerprint density at radius 3 is 2.44 bits per heavy atom. The van der Waals surface area contributed by atoms with Gasteiger partial charge in [0, 0.05) is 18.5 Å². The number of amides is 2. The summed E-state index contributed by atoms with van der Waals surface area (Å²) in [6.07, 6.45) is 2.40. The number of fused-ring (bicyclic) bond motifs is 1. The van der Waals surface area contributed by atoms with Gasteiger partial charge in [-0.15, -0.1) is 0 Å². The average Bonchev–Trinajstić information content (AvgIpc) is 3.06. The first-order chi connectivity index (χ1) is 13.0. The van der Waals surface area contributed by atoms with Crippen LogP contribution in [0.3, 0.4) is 0 Å². The summed E-state index contributed by atoms with van der Waals surface area (Å²) in [5.74, 6) is 0.774. The van der Waals surface area contributed by atoms with Crippen LogP contribution in [0.5, 0.6) is 17.2 Å². The summed E-state index contributed by atoms with van der Waals surface area (Å²) in [7, 11) is 4.62. The summed E-state index contributed by atoms with van der Waals surface area (Å²) in [4.78, 5) is 26.8. The minimum Gasteiger partial charge on any atom is -0.493 e. The molecule has 1 aliphatic heterocycles. The third-order valence-corrected chi connectivity index (χ3v) is 5.26. The van der Waals surface area contributed by atoms with Crippen LogP contribution >= 0.6 is 15.9 Å². The minimum atomic E-state index is -0.344. The molecule has 0 spiro atoms. The van der Waals surface area contributed by atoms with E-state index in [2.05, 4.69) is 15.9 Å². The molecule has 0 saturated carbocycles. The highest BCUT2D eigenvalue weighted by Crippen LogP contribution is 2.44. The van der Waals surface area contributed by atoms with E-state index in [1.165, 1.54) is 12.0 Å². The van der Waals surface area contributed by atoms with E-state index in [1.807, 2.05) is 11.5 Å². The third-order valence-electron chi connectivity index (χ3n) is 4.59. The molecule has 2 amide bonds. The summed E-state index contributed by atoms with van der Waals surface area (Å²) in [5.41, 5.74) is 1.14. The number of ether oxygens (including phenoxy) is 3. The van der Waals surface area contributed by atoms with Crippen LogP contribution in [0, 0.1) is 0 Å². The van der Waals surface area contributed by atoms with Gasteiger partial charge in [0.15, 0.2) is 11.5 Å². The summed E-state index contributed by atoms with van der Waals surface area (Å²) < 4.78 is 18.7. The van der Waals surface area contributed by atoms with E-state index in [1.54, 1.807) is 32.4 Å². The van der Waals surface area contributed by atoms with Crippen molar-refractivity contribution in [3.63, 3.8) is 0 Å². The van der Waals surface area contributed by atoms with Gasteiger partial charge in [-0.25, -0.2) is 0 Å². The maximum Gasteiger partial charge on any atom is 0.277 e. The van der Waals surface area contributed by atoms with Crippen LogP contribution in [0.25, 0.3) is 10.9 Å². The molecule has 2 heterocycles. The predicted molar refractivity (Wildman–Crippen MR) is 105 cm³/mol. The second-order valence-corrected chi connectivity index (χ2v) is 6.81. The second-order valence-electron chi connectivity index (χ2n) is 5.96. The standard InChI is InChI=1S/C19H21BrN2O5/c1-5-21-13(19(24)22-8-6-7-12(20)18(22)23)9-11-10-14(25-2)16(26-3)17(27-4)15(11)21/h7,9-10H,5-6,8H2,1-4H3. The van der Waals surface area contributed by atoms with E-state index in [0.717, 1.165) is 10.9 Å². The molecular weight excluding hydrogens is 416 g/mol. The molecule has 0 bridgehead atoms. The molecule has 0 atom stereocenters. The number of nitrogens with zero attached hydrogens (tertiary/aromatic N) is 2. The number of benzene rings is 1. The normalized spacial score (nSPS) is 14.3. The lowest BCUT2D eigenvalue weighted by molar-refractivity contribution is -0.124. The van der Waals surface area contributed by atoms with Crippen LogP contribution in [0.15, 0.2) is 22.7 Å². The fourth-order valence-electron chi connectivity index (χ4n) is 3.37. The van der Waals surface area contributed by atoms with Crippen LogP contribution in [0.2, 0.25) is 0 Å². The molecule has 1 aromatic heterocycles. The van der Waals surface area contributed by atoms with E-state index < -0.39 is 0 Å². The van der Waals surface area contributed by atoms with E-state index in [-0.39, 0.29) is 11.8 Å². The van der Waals surface area contributed by atoms with E-state index >= 15 is 0 Å². The topological polar surface area (TPSA) is 70.0 Å². The van der Waals surface area contributed by atoms with Crippen molar-refractivity contribution in [3.8, 4) is 17.2 Å². The number of aryl methyl sites for hydroxylation is 1. The van der Waals surface area contributed by atoms with E-state index in [4.69, 9.17) is 14.2 Å². The molecule has 0 saturated heterocycles. The fraction of sp³-hybridized carbons (Fsp3) is 0.368. The molecule has 2 aromatic rings. The minimum absolute atomic E-state index is 0.332. The van der Waals surface area contributed by atoms with E-state index in [9.17, 15) is 9.59 Å². The number of methoxy groups -OCH3 is 3. The quantitative estimate of drug-likeness (QED) is 0.672. The molecule has 7 nitrogen and oxygen atoms in total. The van der Waals surface area contributed by atoms with Crippen molar-refractivity contribution in [3.05, 3.63) is 28.4 Å². The van der Waals surface area contributed by atoms with Crippen molar-refractivity contribution in [1.29, 1.82) is 0 Å². The van der Waals surface area contributed by atoms with Crippen molar-refractivity contribution in [2.24, 2.45) is 0 Å². The van der Waals surface area contributed by atoms with Gasteiger partial charge in [-0.2, -0.15) is 0 Å². The number of imide groups is 1. The lowest BCUT2D eigenvalue weighted by atomic mass is 10.2. The van der Waals surface area contributed by atoms with Gasteiger partial charge in [-0.1, -0.05) is 6.08 Å². The average molecular weight is 437 g/mol. The Kier molecular flexibility index (Phi) is 5.46. The molecule has 0 N–H and O–H groups in total. The monoisotopic (exact) mass is 436 g/mol. The van der Waals surface area contributed by atoms with Gasteiger partial charge in [0.1, 0.15) is 5.69 Å². The van der Waals surface area contributed by atoms with Crippen molar-refractivity contribution >= 4 is 38.6 Å². The van der Waals surface area contributed by atoms with Crippen LogP contribution in [-0.4, -0.2) is 49.2 Å². The molecule has 27 heavy (non-hydrogen) atoms. The zero-order valence-corrected chi connectivity index (χ0v) is 17.3. The highest BCUT2D eigenvalue weighted by Gasteiger charge is 2.30. The van der Waals surface area contributed by atoms with Gasteiger partial charge < -0.3 is 18.8 Å². The lowest BCUT2D eigenvalue weighted by Crippen LogP contribution is -2.40. The van der Waals surface area contributed by atoms with Gasteiger partial charge >= 0.3 is 0 Å². The third kappa shape index (κ3) is 3.07. The number of hydrogen-bond acceptors (Lipinski definition) is 5. The number of carbonyl (C=O) groups excluding carboxylic acids is 2. The summed E-state index contributed by atoms with van der Waals surface area (Å²) in [6, 6.07) is 3.55. The highest BCUT2D eigenvalue weighted by atomic mass is 79.9. The Labute approximate surface area is 165 Å². The molecule has 0 radical (unpaired) electrons. The van der Waals surface area contributed by atoms with Gasteiger partial charge in [-0.05, 0) is 41.4 Å². The Bertz CT molecular complexity index is 947. The Balaban J connectivity index is 2.21. The number of hydrogen-bond donors (Lipinski definition) is 0. The first-order valence-electron chi connectivity index (χ1n) is 8.52. The van der Waals surface area contributed by atoms with Crippen molar-refractivity contribution in [2.45, 2.75) is 19.9 Å². The number of halogens is 1. The molecule has 8 heteroatoms. The predicted octanol–water partition coefficient (Wildman–Crippen LogP) is 3.34. The van der Waals surface area contributed by atoms with Crippen molar-refractivity contribution in [2.75, 3.05) is 27.9 Å². The molecule has 1 aliphatic rings. The SMILES string of the molecule is CCn1c(C(=O)N2CCC=C(Br)C2=O)cc2cc(OC)c(OC)c(OC)c21. The molecule has 1 aromatic carbocycles. The van der Waals surface area contributed by atoms with Gasteiger partial charge in [0.2, 0.25) is 5.75 Å². The second kappa shape index (κ2) is 7.64. The first kappa shape index (κ1) is 19.3. The first-order valence-corrected chi connectivity index (χ1v) is 9.31. The maximum absolute atomic E-state index is 13.1. The molecular formula is C19H21BrN2O5. The van der Waals surface area contributed by atoms with Gasteiger partial charge in [0.25, 0.3) is 11.8 Å². The number of carbonyl (C=O) groups is 2. The summed E-state index contributed by atoms with van der Waals surface area (Å²) in [6.45, 7) is 2.80. The molecule has 0 unspecified atom stereocenters. The summed E-state index contributed by atoms with van der Waals surface area (Å²) in [5, 5.41) is 0.772. The molecule has 0 fully saturated rings. The fourth-order valence-corrected chi connectivity index (χ4v) is 3.81. The Morgan fingerprint density at radius 1 is 1.15 bits per heavy atom. The molecule has 0 aliphatic carbocycles. The van der Waals surface area contributed by atoms with Crippen molar-refractivity contribution < 1.29 is 23.8 Å². The largest absolute Gasteiger partial charge is 0.493 e. The van der Waals surface area contributed by atoms with Crippen LogP contribution in [0.4, 0.5) is 0 Å². The molecule has 3 rings (SSSR count). The number of aromatic nitrogens is 1. The zero-order valence-electron chi connectivity index (χ0n) is 15.7.